The topological polar surface area (TPSA) is 97.6 Å². The van der Waals surface area contributed by atoms with Gasteiger partial charge in [0.25, 0.3) is 0 Å². The number of ether oxygens (including phenoxy) is 2. The van der Waals surface area contributed by atoms with Gasteiger partial charge in [-0.15, -0.1) is 0 Å². The number of imidazole rings is 1. The second-order valence-electron chi connectivity index (χ2n) is 7.18. The summed E-state index contributed by atoms with van der Waals surface area (Å²) in [6.07, 6.45) is 2.60. The van der Waals surface area contributed by atoms with Gasteiger partial charge in [0, 0.05) is 38.3 Å². The van der Waals surface area contributed by atoms with Crippen LogP contribution in [0.15, 0.2) is 36.9 Å². The third kappa shape index (κ3) is 4.71. The fraction of sp³-hybridized carbons (Fsp3) is 0.450. The van der Waals surface area contributed by atoms with Gasteiger partial charge in [0.2, 0.25) is 0 Å². The van der Waals surface area contributed by atoms with Gasteiger partial charge in [-0.25, -0.2) is 15.0 Å². The molecule has 2 aromatic heterocycles. The minimum atomic E-state index is -0.324. The van der Waals surface area contributed by atoms with E-state index in [1.807, 2.05) is 28.8 Å². The summed E-state index contributed by atoms with van der Waals surface area (Å²) in [6.45, 7) is 3.15. The molecule has 1 aliphatic heterocycles. The van der Waals surface area contributed by atoms with E-state index in [9.17, 15) is 5.11 Å². The van der Waals surface area contributed by atoms with Gasteiger partial charge < -0.3 is 19.9 Å². The monoisotopic (exact) mass is 432 g/mol. The number of aliphatic hydroxyl groups is 1. The van der Waals surface area contributed by atoms with E-state index in [0.29, 0.717) is 48.2 Å². The number of aliphatic hydroxyl groups excluding tert-OH is 1. The van der Waals surface area contributed by atoms with E-state index in [2.05, 4.69) is 25.2 Å². The van der Waals surface area contributed by atoms with Gasteiger partial charge in [-0.3, -0.25) is 9.47 Å². The van der Waals surface area contributed by atoms with Crippen LogP contribution in [0.25, 0.3) is 11.2 Å². The summed E-state index contributed by atoms with van der Waals surface area (Å²) in [5, 5.41) is 13.7. The Kier molecular flexibility index (Phi) is 6.76. The van der Waals surface area contributed by atoms with Crippen molar-refractivity contribution in [3.8, 4) is 0 Å². The van der Waals surface area contributed by atoms with Gasteiger partial charge in [-0.05, 0) is 17.7 Å². The van der Waals surface area contributed by atoms with Crippen LogP contribution in [0.4, 0.5) is 5.82 Å². The molecule has 0 unspecified atom stereocenters. The molecular formula is C20H25ClN6O3. The van der Waals surface area contributed by atoms with Crippen molar-refractivity contribution in [1.82, 2.24) is 24.4 Å². The number of halogens is 1. The van der Waals surface area contributed by atoms with Gasteiger partial charge in [-0.2, -0.15) is 0 Å². The summed E-state index contributed by atoms with van der Waals surface area (Å²) in [7, 11) is 1.65. The summed E-state index contributed by atoms with van der Waals surface area (Å²) in [6, 6.07) is 7.80. The Balaban J connectivity index is 1.55. The van der Waals surface area contributed by atoms with Crippen molar-refractivity contribution >= 4 is 28.6 Å². The van der Waals surface area contributed by atoms with E-state index < -0.39 is 0 Å². The summed E-state index contributed by atoms with van der Waals surface area (Å²) in [4.78, 5) is 15.5. The fourth-order valence-electron chi connectivity index (χ4n) is 3.59. The Morgan fingerprint density at radius 1 is 1.23 bits per heavy atom. The number of rotatable bonds is 8. The normalized spacial score (nSPS) is 20.0. The molecule has 2 atom stereocenters. The lowest BCUT2D eigenvalue weighted by atomic mass is 10.2. The molecule has 0 spiro atoms. The minimum absolute atomic E-state index is 0.0565. The van der Waals surface area contributed by atoms with Crippen LogP contribution in [0.1, 0.15) is 11.8 Å². The molecular weight excluding hydrogens is 408 g/mol. The number of morpholine rings is 1. The highest BCUT2D eigenvalue weighted by atomic mass is 35.5. The number of fused-ring (bicyclic) bond motifs is 1. The van der Waals surface area contributed by atoms with E-state index in [1.54, 1.807) is 13.4 Å². The predicted molar refractivity (Wildman–Crippen MR) is 113 cm³/mol. The predicted octanol–water partition coefficient (Wildman–Crippen LogP) is 1.93. The van der Waals surface area contributed by atoms with Gasteiger partial charge in [0.1, 0.15) is 12.6 Å². The second kappa shape index (κ2) is 9.67. The van der Waals surface area contributed by atoms with Crippen molar-refractivity contribution in [3.05, 3.63) is 47.5 Å². The molecule has 1 aromatic carbocycles. The first-order chi connectivity index (χ1) is 14.7. The van der Waals surface area contributed by atoms with Crippen molar-refractivity contribution < 1.29 is 14.6 Å². The van der Waals surface area contributed by atoms with E-state index in [-0.39, 0.29) is 18.9 Å². The van der Waals surface area contributed by atoms with Crippen LogP contribution < -0.4 is 5.32 Å². The average Bonchev–Trinajstić information content (AvgIpc) is 3.20. The lowest BCUT2D eigenvalue weighted by Gasteiger charge is -2.37. The molecule has 0 radical (unpaired) electrons. The number of methoxy groups -OCH3 is 1. The molecule has 3 heterocycles. The van der Waals surface area contributed by atoms with Crippen LogP contribution in [-0.4, -0.2) is 75.6 Å². The Bertz CT molecular complexity index is 967. The molecule has 1 aliphatic rings. The molecule has 0 amide bonds. The maximum atomic E-state index is 9.76. The highest BCUT2D eigenvalue weighted by Gasteiger charge is 2.30. The third-order valence-electron chi connectivity index (χ3n) is 5.02. The van der Waals surface area contributed by atoms with Crippen LogP contribution in [0.3, 0.4) is 0 Å². The molecule has 2 N–H and O–H groups in total. The fourth-order valence-corrected chi connectivity index (χ4v) is 3.71. The van der Waals surface area contributed by atoms with Crippen molar-refractivity contribution in [2.45, 2.75) is 18.9 Å². The molecule has 0 aliphatic carbocycles. The largest absolute Gasteiger partial charge is 0.394 e. The van der Waals surface area contributed by atoms with Crippen molar-refractivity contribution in [2.75, 3.05) is 45.3 Å². The van der Waals surface area contributed by atoms with Crippen molar-refractivity contribution in [2.24, 2.45) is 0 Å². The summed E-state index contributed by atoms with van der Waals surface area (Å²) in [5.41, 5.74) is 2.51. The molecule has 1 fully saturated rings. The summed E-state index contributed by atoms with van der Waals surface area (Å²) in [5.74, 6) is 0.656. The first-order valence-electron chi connectivity index (χ1n) is 9.81. The number of nitrogens with zero attached hydrogens (tertiary/aromatic N) is 5. The Morgan fingerprint density at radius 2 is 2.07 bits per heavy atom. The maximum Gasteiger partial charge on any atom is 0.167 e. The highest BCUT2D eigenvalue weighted by molar-refractivity contribution is 6.30. The molecule has 10 heteroatoms. The molecule has 0 bridgehead atoms. The van der Waals surface area contributed by atoms with Crippen LogP contribution in [0.5, 0.6) is 0 Å². The van der Waals surface area contributed by atoms with Crippen LogP contribution in [-0.2, 0) is 16.0 Å². The third-order valence-corrected chi connectivity index (χ3v) is 5.27. The van der Waals surface area contributed by atoms with E-state index >= 15 is 0 Å². The number of aromatic nitrogens is 4. The smallest absolute Gasteiger partial charge is 0.167 e. The van der Waals surface area contributed by atoms with Crippen LogP contribution in [0.2, 0.25) is 5.02 Å². The number of hydrogen-bond acceptors (Lipinski definition) is 8. The number of hydrogen-bond donors (Lipinski definition) is 2. The first-order valence-corrected chi connectivity index (χ1v) is 10.2. The Morgan fingerprint density at radius 3 is 2.83 bits per heavy atom. The van der Waals surface area contributed by atoms with Crippen molar-refractivity contribution in [3.63, 3.8) is 0 Å². The first kappa shape index (κ1) is 21.0. The Labute approximate surface area is 179 Å². The molecule has 3 aromatic rings. The van der Waals surface area contributed by atoms with E-state index in [1.165, 1.54) is 6.33 Å². The Hall–Kier alpha value is -2.30. The number of benzene rings is 1. The standard InChI is InChI=1S/C20H25ClN6O3/c1-29-7-6-22-19-18-20(24-12-23-19)27(13-25-18)17-10-26(9-16(11-28)30-17)8-14-2-4-15(21)5-3-14/h2-5,12-13,16-17,28H,6-11H2,1H3,(H,22,23,24)/t16-,17+/m0/s1. The van der Waals surface area contributed by atoms with E-state index in [0.717, 1.165) is 12.1 Å². The van der Waals surface area contributed by atoms with Gasteiger partial charge >= 0.3 is 0 Å². The minimum Gasteiger partial charge on any atom is -0.394 e. The van der Waals surface area contributed by atoms with Crippen molar-refractivity contribution in [1.29, 1.82) is 0 Å². The molecule has 4 rings (SSSR count). The molecule has 0 saturated carbocycles. The highest BCUT2D eigenvalue weighted by Crippen LogP contribution is 2.26. The van der Waals surface area contributed by atoms with Gasteiger partial charge in [-0.1, -0.05) is 23.7 Å². The maximum absolute atomic E-state index is 9.76. The second-order valence-corrected chi connectivity index (χ2v) is 7.62. The summed E-state index contributed by atoms with van der Waals surface area (Å²) < 4.78 is 13.1. The zero-order chi connectivity index (χ0) is 20.9. The lowest BCUT2D eigenvalue weighted by Crippen LogP contribution is -2.46. The van der Waals surface area contributed by atoms with E-state index in [4.69, 9.17) is 21.1 Å². The SMILES string of the molecule is COCCNc1ncnc2c1ncn2[C@H]1CN(Cc2ccc(Cl)cc2)C[C@@H](CO)O1. The average molecular weight is 433 g/mol. The van der Waals surface area contributed by atoms with Crippen LogP contribution >= 0.6 is 11.6 Å². The summed E-state index contributed by atoms with van der Waals surface area (Å²) >= 11 is 6.00. The van der Waals surface area contributed by atoms with Gasteiger partial charge in [0.15, 0.2) is 17.0 Å². The molecule has 1 saturated heterocycles. The number of nitrogens with one attached hydrogen (secondary N) is 1. The van der Waals surface area contributed by atoms with Crippen LogP contribution in [0, 0.1) is 0 Å². The molecule has 9 nitrogen and oxygen atoms in total. The van der Waals surface area contributed by atoms with Gasteiger partial charge in [0.05, 0.1) is 25.6 Å². The molecule has 30 heavy (non-hydrogen) atoms. The zero-order valence-corrected chi connectivity index (χ0v) is 17.5. The number of anilines is 1. The zero-order valence-electron chi connectivity index (χ0n) is 16.7. The molecule has 160 valence electrons. The quantitative estimate of drug-likeness (QED) is 0.521. The lowest BCUT2D eigenvalue weighted by molar-refractivity contribution is -0.135.